The lowest BCUT2D eigenvalue weighted by Crippen LogP contribution is -2.45. The van der Waals surface area contributed by atoms with Gasteiger partial charge in [0.1, 0.15) is 11.6 Å². The van der Waals surface area contributed by atoms with Crippen LogP contribution in [-0.4, -0.2) is 33.6 Å². The molecule has 0 bridgehead atoms. The Morgan fingerprint density at radius 2 is 2.24 bits per heavy atom. The minimum absolute atomic E-state index is 0.0156. The van der Waals surface area contributed by atoms with Gasteiger partial charge in [0.2, 0.25) is 0 Å². The zero-order chi connectivity index (χ0) is 17.1. The summed E-state index contributed by atoms with van der Waals surface area (Å²) in [4.78, 5) is 19.0. The summed E-state index contributed by atoms with van der Waals surface area (Å²) in [5.74, 6) is 3.07. The number of nitrogens with one attached hydrogen (secondary N) is 1. The van der Waals surface area contributed by atoms with Crippen molar-refractivity contribution in [3.05, 3.63) is 42.4 Å². The third-order valence-electron chi connectivity index (χ3n) is 5.50. The summed E-state index contributed by atoms with van der Waals surface area (Å²) in [6.07, 6.45) is 11.8. The summed E-state index contributed by atoms with van der Waals surface area (Å²) < 4.78 is 7.59. The van der Waals surface area contributed by atoms with E-state index in [1.165, 1.54) is 19.3 Å². The van der Waals surface area contributed by atoms with Crippen molar-refractivity contribution in [1.82, 2.24) is 19.8 Å². The average molecular weight is 342 g/mol. The first kappa shape index (κ1) is 16.2. The van der Waals surface area contributed by atoms with Gasteiger partial charge in [0.15, 0.2) is 0 Å². The van der Waals surface area contributed by atoms with Gasteiger partial charge in [-0.05, 0) is 43.7 Å². The number of nitrogens with zero attached hydrogens (tertiary/aromatic N) is 3. The Bertz CT molecular complexity index is 690. The van der Waals surface area contributed by atoms with Gasteiger partial charge in [-0.25, -0.2) is 9.78 Å². The molecule has 2 fully saturated rings. The Morgan fingerprint density at radius 3 is 3.00 bits per heavy atom. The third kappa shape index (κ3) is 3.72. The van der Waals surface area contributed by atoms with Crippen molar-refractivity contribution >= 4 is 6.03 Å². The molecule has 0 radical (unpaired) electrons. The lowest BCUT2D eigenvalue weighted by molar-refractivity contribution is 0.175. The minimum atomic E-state index is -0.0156. The summed E-state index contributed by atoms with van der Waals surface area (Å²) in [6.45, 7) is 3.06. The second kappa shape index (κ2) is 7.33. The fourth-order valence-corrected chi connectivity index (χ4v) is 3.85. The highest BCUT2D eigenvalue weighted by molar-refractivity contribution is 5.74. The van der Waals surface area contributed by atoms with E-state index in [0.29, 0.717) is 12.5 Å². The smallest absolute Gasteiger partial charge is 0.317 e. The van der Waals surface area contributed by atoms with Crippen molar-refractivity contribution in [2.45, 2.75) is 51.1 Å². The van der Waals surface area contributed by atoms with Gasteiger partial charge in [-0.3, -0.25) is 0 Å². The molecule has 134 valence electrons. The molecule has 25 heavy (non-hydrogen) atoms. The van der Waals surface area contributed by atoms with Crippen molar-refractivity contribution < 1.29 is 9.21 Å². The molecule has 1 atom stereocenters. The number of hydrogen-bond donors (Lipinski definition) is 1. The molecular weight excluding hydrogens is 316 g/mol. The fourth-order valence-electron chi connectivity index (χ4n) is 3.85. The van der Waals surface area contributed by atoms with E-state index in [9.17, 15) is 4.79 Å². The van der Waals surface area contributed by atoms with Crippen LogP contribution in [0.25, 0.3) is 0 Å². The van der Waals surface area contributed by atoms with Crippen LogP contribution in [0.5, 0.6) is 0 Å². The highest BCUT2D eigenvalue weighted by Gasteiger charge is 2.28. The Kier molecular flexibility index (Phi) is 4.76. The van der Waals surface area contributed by atoms with E-state index in [-0.39, 0.29) is 6.03 Å². The van der Waals surface area contributed by atoms with Crippen molar-refractivity contribution in [2.75, 3.05) is 13.1 Å². The number of furan rings is 1. The monoisotopic (exact) mass is 342 g/mol. The lowest BCUT2D eigenvalue weighted by Gasteiger charge is -2.33. The van der Waals surface area contributed by atoms with Gasteiger partial charge in [-0.2, -0.15) is 0 Å². The van der Waals surface area contributed by atoms with E-state index in [1.54, 1.807) is 6.26 Å². The van der Waals surface area contributed by atoms with Crippen LogP contribution in [0.1, 0.15) is 49.6 Å². The lowest BCUT2D eigenvalue weighted by atomic mass is 9.85. The van der Waals surface area contributed by atoms with E-state index < -0.39 is 0 Å². The van der Waals surface area contributed by atoms with Gasteiger partial charge >= 0.3 is 6.03 Å². The molecule has 6 nitrogen and oxygen atoms in total. The van der Waals surface area contributed by atoms with E-state index in [1.807, 2.05) is 23.2 Å². The first-order valence-electron chi connectivity index (χ1n) is 9.36. The second-order valence-corrected chi connectivity index (χ2v) is 7.26. The maximum atomic E-state index is 12.5. The van der Waals surface area contributed by atoms with Crippen LogP contribution in [0, 0.1) is 5.92 Å². The quantitative estimate of drug-likeness (QED) is 0.906. The summed E-state index contributed by atoms with van der Waals surface area (Å²) >= 11 is 0. The number of rotatable bonds is 5. The molecule has 4 rings (SSSR count). The van der Waals surface area contributed by atoms with Crippen LogP contribution in [-0.2, 0) is 13.1 Å². The average Bonchev–Trinajstić information content (AvgIpc) is 3.27. The second-order valence-electron chi connectivity index (χ2n) is 7.26. The number of hydrogen-bond acceptors (Lipinski definition) is 3. The zero-order valence-corrected chi connectivity index (χ0v) is 14.6. The summed E-state index contributed by atoms with van der Waals surface area (Å²) in [6, 6.07) is 3.69. The molecule has 1 aliphatic heterocycles. The number of urea groups is 1. The molecular formula is C19H26N4O2. The maximum absolute atomic E-state index is 12.5. The van der Waals surface area contributed by atoms with Crippen LogP contribution < -0.4 is 5.32 Å². The predicted octanol–water partition coefficient (Wildman–Crippen LogP) is 3.37. The molecule has 1 N–H and O–H groups in total. The Hall–Kier alpha value is -2.24. The Labute approximate surface area is 148 Å². The maximum Gasteiger partial charge on any atom is 0.317 e. The van der Waals surface area contributed by atoms with Crippen LogP contribution in [0.3, 0.4) is 0 Å². The number of carbonyl (C=O) groups is 1. The van der Waals surface area contributed by atoms with Gasteiger partial charge in [-0.1, -0.05) is 6.42 Å². The zero-order valence-electron chi connectivity index (χ0n) is 14.6. The summed E-state index contributed by atoms with van der Waals surface area (Å²) in [5, 5.41) is 2.95. The fraction of sp³-hybridized carbons (Fsp3) is 0.579. The molecule has 1 saturated heterocycles. The summed E-state index contributed by atoms with van der Waals surface area (Å²) in [5.41, 5.74) is 0. The predicted molar refractivity (Wildman–Crippen MR) is 94.1 cm³/mol. The first-order chi connectivity index (χ1) is 12.3. The largest absolute Gasteiger partial charge is 0.467 e. The molecule has 3 heterocycles. The van der Waals surface area contributed by atoms with E-state index >= 15 is 0 Å². The molecule has 0 spiro atoms. The minimum Gasteiger partial charge on any atom is -0.467 e. The molecule has 0 aromatic carbocycles. The standard InChI is InChI=1S/C19H26N4O2/c24-19(21-12-17-7-3-11-25-17)23-9-2-6-16(14-23)18-20-8-10-22(18)13-15-4-1-5-15/h3,7-8,10-11,15-16H,1-2,4-6,9,12-14H2,(H,21,24). The third-order valence-corrected chi connectivity index (χ3v) is 5.50. The number of likely N-dealkylation sites (tertiary alicyclic amines) is 1. The Morgan fingerprint density at radius 1 is 1.32 bits per heavy atom. The normalized spacial score (nSPS) is 21.1. The van der Waals surface area contributed by atoms with Crippen LogP contribution in [0.4, 0.5) is 4.79 Å². The van der Waals surface area contributed by atoms with Gasteiger partial charge in [0.25, 0.3) is 0 Å². The van der Waals surface area contributed by atoms with Crippen LogP contribution in [0.2, 0.25) is 0 Å². The van der Waals surface area contributed by atoms with E-state index in [4.69, 9.17) is 4.42 Å². The number of piperidine rings is 1. The number of imidazole rings is 1. The molecule has 1 saturated carbocycles. The molecule has 2 aromatic rings. The summed E-state index contributed by atoms with van der Waals surface area (Å²) in [7, 11) is 0. The first-order valence-corrected chi connectivity index (χ1v) is 9.36. The van der Waals surface area contributed by atoms with Gasteiger partial charge in [0, 0.05) is 37.9 Å². The highest BCUT2D eigenvalue weighted by atomic mass is 16.3. The molecule has 1 aliphatic carbocycles. The molecule has 2 amide bonds. The molecule has 6 heteroatoms. The van der Waals surface area contributed by atoms with Crippen molar-refractivity contribution in [1.29, 1.82) is 0 Å². The van der Waals surface area contributed by atoms with Gasteiger partial charge in [0.05, 0.1) is 12.8 Å². The SMILES string of the molecule is O=C(NCc1ccco1)N1CCCC(c2nccn2CC2CCC2)C1. The van der Waals surface area contributed by atoms with Crippen LogP contribution in [0.15, 0.2) is 35.2 Å². The Balaban J connectivity index is 1.35. The molecule has 2 aromatic heterocycles. The van der Waals surface area contributed by atoms with E-state index in [0.717, 1.165) is 50.0 Å². The number of amides is 2. The van der Waals surface area contributed by atoms with Crippen molar-refractivity contribution in [3.63, 3.8) is 0 Å². The molecule has 2 aliphatic rings. The van der Waals surface area contributed by atoms with Crippen molar-refractivity contribution in [3.8, 4) is 0 Å². The van der Waals surface area contributed by atoms with Gasteiger partial charge < -0.3 is 19.2 Å². The number of carbonyl (C=O) groups excluding carboxylic acids is 1. The highest BCUT2D eigenvalue weighted by Crippen LogP contribution is 2.31. The molecule has 1 unspecified atom stereocenters. The topological polar surface area (TPSA) is 63.3 Å². The van der Waals surface area contributed by atoms with Crippen LogP contribution >= 0.6 is 0 Å². The van der Waals surface area contributed by atoms with E-state index in [2.05, 4.69) is 21.1 Å². The van der Waals surface area contributed by atoms with Crippen molar-refractivity contribution in [2.24, 2.45) is 5.92 Å². The number of aromatic nitrogens is 2. The van der Waals surface area contributed by atoms with Gasteiger partial charge in [-0.15, -0.1) is 0 Å².